The van der Waals surface area contributed by atoms with Gasteiger partial charge in [0.05, 0.1) is 11.3 Å². The lowest BCUT2D eigenvalue weighted by Crippen LogP contribution is -2.37. The minimum Gasteiger partial charge on any atom is -0.368 e. The molecule has 0 aliphatic rings. The van der Waals surface area contributed by atoms with Crippen LogP contribution in [0.15, 0.2) is 65.5 Å². The number of hydrogen-bond acceptors (Lipinski definition) is 4. The molecule has 0 aliphatic heterocycles. The fourth-order valence-electron chi connectivity index (χ4n) is 4.12. The van der Waals surface area contributed by atoms with Gasteiger partial charge in [-0.25, -0.2) is 4.98 Å². The molecule has 4 rings (SSSR count). The predicted molar refractivity (Wildman–Crippen MR) is 126 cm³/mol. The number of nitrogens with two attached hydrogens (primary N) is 1. The van der Waals surface area contributed by atoms with Crippen molar-refractivity contribution in [3.63, 3.8) is 0 Å². The highest BCUT2D eigenvalue weighted by Gasteiger charge is 2.30. The van der Waals surface area contributed by atoms with Crippen molar-refractivity contribution < 1.29 is 4.79 Å². The van der Waals surface area contributed by atoms with Gasteiger partial charge in [-0.1, -0.05) is 67.6 Å². The number of nitrogens with zero attached hydrogens (tertiary/aromatic N) is 2. The van der Waals surface area contributed by atoms with Crippen molar-refractivity contribution in [2.45, 2.75) is 39.2 Å². The van der Waals surface area contributed by atoms with Gasteiger partial charge in [-0.05, 0) is 37.0 Å². The van der Waals surface area contributed by atoms with Gasteiger partial charge in [-0.15, -0.1) is 11.3 Å². The van der Waals surface area contributed by atoms with E-state index in [0.717, 1.165) is 21.6 Å². The molecule has 2 N–H and O–H groups in total. The summed E-state index contributed by atoms with van der Waals surface area (Å²) in [5.41, 5.74) is 8.46. The van der Waals surface area contributed by atoms with Crippen molar-refractivity contribution in [1.29, 1.82) is 0 Å². The maximum Gasteiger partial charge on any atom is 0.263 e. The molecular weight excluding hydrogens is 406 g/mol. The Hall–Kier alpha value is -3.25. The number of carbonyl (C=O) groups is 1. The van der Waals surface area contributed by atoms with E-state index < -0.39 is 11.9 Å². The molecule has 1 amide bonds. The SMILES string of the molecule is CCC(C(N)=O)n1c(C(c2ccccc2)c2ccccc2)nc2sc(C)c(C)c2c1=O. The van der Waals surface area contributed by atoms with E-state index in [1.165, 1.54) is 15.9 Å². The number of benzene rings is 2. The lowest BCUT2D eigenvalue weighted by atomic mass is 9.90. The van der Waals surface area contributed by atoms with Crippen LogP contribution in [0.3, 0.4) is 0 Å². The molecule has 0 aliphatic carbocycles. The Morgan fingerprint density at radius 2 is 1.58 bits per heavy atom. The molecule has 4 aromatic rings. The second kappa shape index (κ2) is 8.47. The van der Waals surface area contributed by atoms with E-state index in [1.54, 1.807) is 0 Å². The Kier molecular flexibility index (Phi) is 5.74. The Bertz CT molecular complexity index is 1250. The van der Waals surface area contributed by atoms with Crippen molar-refractivity contribution in [1.82, 2.24) is 9.55 Å². The molecule has 0 saturated heterocycles. The first-order chi connectivity index (χ1) is 14.9. The van der Waals surface area contributed by atoms with Crippen LogP contribution >= 0.6 is 11.3 Å². The van der Waals surface area contributed by atoms with E-state index in [2.05, 4.69) is 0 Å². The van der Waals surface area contributed by atoms with Gasteiger partial charge in [0.1, 0.15) is 16.7 Å². The molecule has 2 aromatic carbocycles. The zero-order valence-corrected chi connectivity index (χ0v) is 18.6. The summed E-state index contributed by atoms with van der Waals surface area (Å²) in [6.45, 7) is 5.78. The highest BCUT2D eigenvalue weighted by atomic mass is 32.1. The highest BCUT2D eigenvalue weighted by molar-refractivity contribution is 7.18. The molecule has 2 heterocycles. The molecule has 6 heteroatoms. The Morgan fingerprint density at radius 3 is 2.06 bits per heavy atom. The standard InChI is InChI=1S/C25H25N3O2S/c1-4-19(22(26)29)28-23(27-24-20(25(28)30)15(2)16(3)31-24)21(17-11-7-5-8-12-17)18-13-9-6-10-14-18/h5-14,19,21H,4H2,1-3H3,(H2,26,29). The predicted octanol–water partition coefficient (Wildman–Crippen LogP) is 4.69. The van der Waals surface area contributed by atoms with E-state index >= 15 is 0 Å². The fourth-order valence-corrected chi connectivity index (χ4v) is 5.15. The van der Waals surface area contributed by atoms with Gasteiger partial charge >= 0.3 is 0 Å². The summed E-state index contributed by atoms with van der Waals surface area (Å²) in [5, 5.41) is 0.575. The molecule has 2 aromatic heterocycles. The second-order valence-electron chi connectivity index (χ2n) is 7.69. The Balaban J connectivity index is 2.13. The number of primary amides is 1. The minimum absolute atomic E-state index is 0.204. The summed E-state index contributed by atoms with van der Waals surface area (Å²) in [5.74, 6) is -0.297. The van der Waals surface area contributed by atoms with Gasteiger partial charge in [0.25, 0.3) is 5.56 Å². The summed E-state index contributed by atoms with van der Waals surface area (Å²) >= 11 is 1.51. The van der Waals surface area contributed by atoms with Crippen molar-refractivity contribution in [2.75, 3.05) is 0 Å². The zero-order chi connectivity index (χ0) is 22.1. The molecule has 31 heavy (non-hydrogen) atoms. The molecule has 0 radical (unpaired) electrons. The quantitative estimate of drug-likeness (QED) is 0.481. The average molecular weight is 432 g/mol. The normalized spacial score (nSPS) is 12.4. The largest absolute Gasteiger partial charge is 0.368 e. The molecule has 158 valence electrons. The third-order valence-electron chi connectivity index (χ3n) is 5.81. The summed E-state index contributed by atoms with van der Waals surface area (Å²) in [4.78, 5) is 32.9. The van der Waals surface area contributed by atoms with Crippen LogP contribution in [-0.2, 0) is 4.79 Å². The molecule has 0 bridgehead atoms. The van der Waals surface area contributed by atoms with Crippen LogP contribution in [0.5, 0.6) is 0 Å². The number of carbonyl (C=O) groups excluding carboxylic acids is 1. The van der Waals surface area contributed by atoms with Crippen molar-refractivity contribution in [2.24, 2.45) is 5.73 Å². The molecule has 0 fully saturated rings. The number of aromatic nitrogens is 2. The smallest absolute Gasteiger partial charge is 0.263 e. The second-order valence-corrected chi connectivity index (χ2v) is 8.89. The van der Waals surface area contributed by atoms with E-state index in [-0.39, 0.29) is 11.5 Å². The molecular formula is C25H25N3O2S. The maximum atomic E-state index is 13.8. The lowest BCUT2D eigenvalue weighted by Gasteiger charge is -2.25. The van der Waals surface area contributed by atoms with Crippen LogP contribution in [-0.4, -0.2) is 15.5 Å². The van der Waals surface area contributed by atoms with Crippen LogP contribution in [0, 0.1) is 13.8 Å². The average Bonchev–Trinajstić information content (AvgIpc) is 3.06. The maximum absolute atomic E-state index is 13.8. The Morgan fingerprint density at radius 1 is 1.03 bits per heavy atom. The molecule has 1 unspecified atom stereocenters. The molecule has 5 nitrogen and oxygen atoms in total. The first kappa shape index (κ1) is 21.0. The lowest BCUT2D eigenvalue weighted by molar-refractivity contribution is -0.121. The summed E-state index contributed by atoms with van der Waals surface area (Å²) < 4.78 is 1.54. The third-order valence-corrected chi connectivity index (χ3v) is 6.91. The number of amides is 1. The van der Waals surface area contributed by atoms with Crippen LogP contribution < -0.4 is 11.3 Å². The van der Waals surface area contributed by atoms with E-state index in [0.29, 0.717) is 22.5 Å². The van der Waals surface area contributed by atoms with E-state index in [9.17, 15) is 9.59 Å². The summed E-state index contributed by atoms with van der Waals surface area (Å²) in [6.07, 6.45) is 0.411. The van der Waals surface area contributed by atoms with E-state index in [4.69, 9.17) is 10.7 Å². The number of aryl methyl sites for hydroxylation is 2. The number of rotatable bonds is 6. The number of hydrogen-bond donors (Lipinski definition) is 1. The fraction of sp³-hybridized carbons (Fsp3) is 0.240. The first-order valence-electron chi connectivity index (χ1n) is 10.3. The monoisotopic (exact) mass is 431 g/mol. The van der Waals surface area contributed by atoms with Gasteiger partial charge in [-0.2, -0.15) is 0 Å². The van der Waals surface area contributed by atoms with Gasteiger partial charge < -0.3 is 5.73 Å². The molecule has 1 atom stereocenters. The number of fused-ring (bicyclic) bond motifs is 1. The van der Waals surface area contributed by atoms with Crippen molar-refractivity contribution >= 4 is 27.5 Å². The van der Waals surface area contributed by atoms with Crippen LogP contribution in [0.1, 0.15) is 52.7 Å². The summed E-state index contributed by atoms with van der Waals surface area (Å²) in [7, 11) is 0. The molecule has 0 spiro atoms. The first-order valence-corrected chi connectivity index (χ1v) is 11.2. The van der Waals surface area contributed by atoms with Crippen LogP contribution in [0.2, 0.25) is 0 Å². The zero-order valence-electron chi connectivity index (χ0n) is 17.8. The van der Waals surface area contributed by atoms with Gasteiger partial charge in [0, 0.05) is 4.88 Å². The van der Waals surface area contributed by atoms with Crippen LogP contribution in [0.4, 0.5) is 0 Å². The van der Waals surface area contributed by atoms with Gasteiger partial charge in [0.2, 0.25) is 5.91 Å². The van der Waals surface area contributed by atoms with Gasteiger partial charge in [0.15, 0.2) is 0 Å². The van der Waals surface area contributed by atoms with Crippen molar-refractivity contribution in [3.8, 4) is 0 Å². The summed E-state index contributed by atoms with van der Waals surface area (Å²) in [6, 6.07) is 19.1. The van der Waals surface area contributed by atoms with Crippen LogP contribution in [0.25, 0.3) is 10.2 Å². The highest BCUT2D eigenvalue weighted by Crippen LogP contribution is 2.35. The van der Waals surface area contributed by atoms with E-state index in [1.807, 2.05) is 81.4 Å². The Labute approximate surface area is 185 Å². The minimum atomic E-state index is -0.770. The number of thiophene rings is 1. The topological polar surface area (TPSA) is 78.0 Å². The third kappa shape index (κ3) is 3.68. The van der Waals surface area contributed by atoms with Crippen molar-refractivity contribution in [3.05, 3.63) is 98.4 Å². The van der Waals surface area contributed by atoms with Gasteiger partial charge in [-0.3, -0.25) is 14.2 Å². The molecule has 0 saturated carbocycles.